The number of hydrogen-bond acceptors (Lipinski definition) is 3. The summed E-state index contributed by atoms with van der Waals surface area (Å²) in [5.74, 6) is 4.61. The molecule has 0 saturated carbocycles. The highest BCUT2D eigenvalue weighted by Gasteiger charge is 2.32. The summed E-state index contributed by atoms with van der Waals surface area (Å²) >= 11 is 0. The molecule has 8 heteroatoms. The van der Waals surface area contributed by atoms with Crippen LogP contribution in [0.25, 0.3) is 10.9 Å². The third kappa shape index (κ3) is 4.47. The van der Waals surface area contributed by atoms with E-state index in [0.29, 0.717) is 40.0 Å². The summed E-state index contributed by atoms with van der Waals surface area (Å²) in [6.45, 7) is 0. The van der Waals surface area contributed by atoms with Crippen LogP contribution in [0, 0.1) is 17.7 Å². The number of halogens is 4. The average molecular weight is 437 g/mol. The summed E-state index contributed by atoms with van der Waals surface area (Å²) in [6, 6.07) is 14.0. The molecule has 160 valence electrons. The third-order valence-electron chi connectivity index (χ3n) is 4.80. The number of alkyl halides is 3. The van der Waals surface area contributed by atoms with Gasteiger partial charge in [-0.25, -0.2) is 4.39 Å². The zero-order valence-electron chi connectivity index (χ0n) is 16.4. The molecule has 0 saturated heterocycles. The molecule has 3 N–H and O–H groups in total. The quantitative estimate of drug-likeness (QED) is 0.265. The minimum atomic E-state index is -4.74. The zero-order chi connectivity index (χ0) is 22.9. The predicted octanol–water partition coefficient (Wildman–Crippen LogP) is 5.13. The molecule has 0 unspecified atom stereocenters. The number of nitrogens with two attached hydrogens (primary N) is 1. The molecule has 0 bridgehead atoms. The van der Waals surface area contributed by atoms with E-state index in [2.05, 4.69) is 22.0 Å². The molecular weight excluding hydrogens is 422 g/mol. The van der Waals surface area contributed by atoms with Gasteiger partial charge >= 0.3 is 6.18 Å². The number of H-pyrrole nitrogens is 1. The summed E-state index contributed by atoms with van der Waals surface area (Å²) in [4.78, 5) is 12.5. The monoisotopic (exact) mass is 437 g/mol. The highest BCUT2D eigenvalue weighted by molar-refractivity contribution is 5.97. The number of nitrogens with zero attached hydrogens (tertiary/aromatic N) is 1. The van der Waals surface area contributed by atoms with Crippen molar-refractivity contribution in [1.82, 2.24) is 10.2 Å². The molecule has 0 radical (unpaired) electrons. The van der Waals surface area contributed by atoms with Crippen molar-refractivity contribution in [3.05, 3.63) is 94.3 Å². The molecule has 4 nitrogen and oxygen atoms in total. The zero-order valence-corrected chi connectivity index (χ0v) is 16.4. The van der Waals surface area contributed by atoms with Crippen molar-refractivity contribution in [1.29, 1.82) is 0 Å². The molecule has 4 rings (SSSR count). The Morgan fingerprint density at radius 2 is 1.81 bits per heavy atom. The molecule has 0 spiro atoms. The summed E-state index contributed by atoms with van der Waals surface area (Å²) in [5, 5.41) is 7.48. The summed E-state index contributed by atoms with van der Waals surface area (Å²) in [5.41, 5.74) is 6.92. The van der Waals surface area contributed by atoms with Crippen molar-refractivity contribution < 1.29 is 22.4 Å². The van der Waals surface area contributed by atoms with Gasteiger partial charge in [-0.3, -0.25) is 9.89 Å². The lowest BCUT2D eigenvalue weighted by atomic mass is 9.99. The van der Waals surface area contributed by atoms with Crippen LogP contribution in [0.5, 0.6) is 0 Å². The maximum Gasteiger partial charge on any atom is 0.416 e. The van der Waals surface area contributed by atoms with Gasteiger partial charge in [0.1, 0.15) is 5.82 Å². The molecule has 1 heterocycles. The first-order valence-corrected chi connectivity index (χ1v) is 9.45. The normalized spacial score (nSPS) is 11.2. The molecule has 0 amide bonds. The van der Waals surface area contributed by atoms with Crippen LogP contribution >= 0.6 is 0 Å². The highest BCUT2D eigenvalue weighted by Crippen LogP contribution is 2.30. The molecule has 3 aromatic carbocycles. The number of carbonyl (C=O) groups excluding carboxylic acids is 1. The second-order valence-electron chi connectivity index (χ2n) is 7.11. The van der Waals surface area contributed by atoms with Crippen LogP contribution < -0.4 is 5.73 Å². The first-order chi connectivity index (χ1) is 15.2. The fourth-order valence-electron chi connectivity index (χ4n) is 3.30. The van der Waals surface area contributed by atoms with Gasteiger partial charge in [0, 0.05) is 23.1 Å². The molecule has 4 aromatic rings. The minimum absolute atomic E-state index is 0.194. The van der Waals surface area contributed by atoms with Crippen LogP contribution in [-0.2, 0) is 12.6 Å². The van der Waals surface area contributed by atoms with E-state index in [-0.39, 0.29) is 12.0 Å². The van der Waals surface area contributed by atoms with Crippen molar-refractivity contribution >= 4 is 22.5 Å². The highest BCUT2D eigenvalue weighted by atomic mass is 19.4. The van der Waals surface area contributed by atoms with Crippen molar-refractivity contribution in [3.63, 3.8) is 0 Å². The number of ketones is 1. The Hall–Kier alpha value is -4.12. The molecule has 0 atom stereocenters. The van der Waals surface area contributed by atoms with Gasteiger partial charge in [-0.1, -0.05) is 30.0 Å². The fraction of sp³-hybridized carbons (Fsp3) is 0.0833. The van der Waals surface area contributed by atoms with Crippen molar-refractivity contribution in [3.8, 4) is 11.8 Å². The number of hydrogen-bond donors (Lipinski definition) is 2. The van der Waals surface area contributed by atoms with E-state index >= 15 is 0 Å². The molecule has 0 aliphatic carbocycles. The van der Waals surface area contributed by atoms with Gasteiger partial charge in [-0.15, -0.1) is 0 Å². The number of rotatable bonds is 3. The van der Waals surface area contributed by atoms with E-state index in [1.807, 2.05) is 12.1 Å². The molecule has 0 aliphatic heterocycles. The van der Waals surface area contributed by atoms with E-state index in [4.69, 9.17) is 5.73 Å². The first-order valence-electron chi connectivity index (χ1n) is 9.45. The Balaban J connectivity index is 1.58. The van der Waals surface area contributed by atoms with E-state index in [1.165, 1.54) is 0 Å². The number of aromatic amines is 1. The van der Waals surface area contributed by atoms with Gasteiger partial charge in [-0.2, -0.15) is 18.3 Å². The van der Waals surface area contributed by atoms with E-state index in [9.17, 15) is 22.4 Å². The standard InChI is InChI=1S/C24H15F4N3O/c25-19-12-17(11-18(13-19)24(26,27)28)21(32)10-15-4-1-3-14(9-15)7-8-16-5-2-6-20-22(16)23(29)31-30-20/h1-6,9,11-13H,10H2,(H3,29,30,31). The van der Waals surface area contributed by atoms with Gasteiger partial charge in [-0.05, 0) is 48.0 Å². The van der Waals surface area contributed by atoms with Crippen LogP contribution in [0.3, 0.4) is 0 Å². The lowest BCUT2D eigenvalue weighted by molar-refractivity contribution is -0.137. The lowest BCUT2D eigenvalue weighted by Crippen LogP contribution is -2.10. The van der Waals surface area contributed by atoms with Crippen molar-refractivity contribution in [2.45, 2.75) is 12.6 Å². The summed E-state index contributed by atoms with van der Waals surface area (Å²) in [6.07, 6.45) is -4.94. The SMILES string of the molecule is Nc1n[nH]c2cccc(C#Cc3cccc(CC(=O)c4cc(F)cc(C(F)(F)F)c4)c3)c12. The second kappa shape index (κ2) is 8.19. The summed E-state index contributed by atoms with van der Waals surface area (Å²) < 4.78 is 52.3. The largest absolute Gasteiger partial charge is 0.416 e. The smallest absolute Gasteiger partial charge is 0.382 e. The fourth-order valence-corrected chi connectivity index (χ4v) is 3.30. The van der Waals surface area contributed by atoms with Crippen LogP contribution in [0.15, 0.2) is 60.7 Å². The molecule has 0 fully saturated rings. The van der Waals surface area contributed by atoms with E-state index in [1.54, 1.807) is 30.3 Å². The maximum absolute atomic E-state index is 13.6. The Labute approximate surface area is 180 Å². The number of carbonyl (C=O) groups is 1. The topological polar surface area (TPSA) is 71.8 Å². The number of aromatic nitrogens is 2. The second-order valence-corrected chi connectivity index (χ2v) is 7.11. The van der Waals surface area contributed by atoms with Gasteiger partial charge in [0.15, 0.2) is 11.6 Å². The Bertz CT molecular complexity index is 1390. The number of anilines is 1. The third-order valence-corrected chi connectivity index (χ3v) is 4.80. The Morgan fingerprint density at radius 3 is 2.59 bits per heavy atom. The number of Topliss-reactive ketones (excluding diaryl/α,β-unsaturated/α-hetero) is 1. The number of nitrogens with one attached hydrogen (secondary N) is 1. The lowest BCUT2D eigenvalue weighted by Gasteiger charge is -2.09. The molecule has 32 heavy (non-hydrogen) atoms. The van der Waals surface area contributed by atoms with Crippen LogP contribution in [0.1, 0.15) is 32.6 Å². The van der Waals surface area contributed by atoms with E-state index in [0.717, 1.165) is 11.6 Å². The van der Waals surface area contributed by atoms with Gasteiger partial charge in [0.2, 0.25) is 0 Å². The number of nitrogen functional groups attached to an aromatic ring is 1. The first kappa shape index (κ1) is 21.1. The predicted molar refractivity (Wildman–Crippen MR) is 112 cm³/mol. The molecule has 0 aliphatic rings. The Kier molecular flexibility index (Phi) is 5.41. The maximum atomic E-state index is 13.6. The number of benzene rings is 3. The van der Waals surface area contributed by atoms with Crippen LogP contribution in [0.2, 0.25) is 0 Å². The van der Waals surface area contributed by atoms with Gasteiger partial charge in [0.25, 0.3) is 0 Å². The Morgan fingerprint density at radius 1 is 1.03 bits per heavy atom. The van der Waals surface area contributed by atoms with Crippen molar-refractivity contribution in [2.24, 2.45) is 0 Å². The van der Waals surface area contributed by atoms with Crippen LogP contribution in [-0.4, -0.2) is 16.0 Å². The average Bonchev–Trinajstić information content (AvgIpc) is 3.13. The minimum Gasteiger partial charge on any atom is -0.382 e. The molecular formula is C24H15F4N3O. The summed E-state index contributed by atoms with van der Waals surface area (Å²) in [7, 11) is 0. The van der Waals surface area contributed by atoms with Crippen molar-refractivity contribution in [2.75, 3.05) is 5.73 Å². The number of fused-ring (bicyclic) bond motifs is 1. The van der Waals surface area contributed by atoms with Gasteiger partial charge in [0.05, 0.1) is 16.5 Å². The van der Waals surface area contributed by atoms with E-state index < -0.39 is 23.3 Å². The van der Waals surface area contributed by atoms with Crippen LogP contribution in [0.4, 0.5) is 23.4 Å². The van der Waals surface area contributed by atoms with Gasteiger partial charge < -0.3 is 5.73 Å². The molecule has 1 aromatic heterocycles.